The van der Waals surface area contributed by atoms with E-state index in [1.807, 2.05) is 0 Å². The third kappa shape index (κ3) is 2.02. The van der Waals surface area contributed by atoms with Crippen molar-refractivity contribution in [2.24, 2.45) is 0 Å². The SMILES string of the molecule is CS(F)(C#N)C#N. The van der Waals surface area contributed by atoms with Crippen LogP contribution in [-0.2, 0) is 0 Å². The summed E-state index contributed by atoms with van der Waals surface area (Å²) in [4.78, 5) is 0. The highest BCUT2D eigenvalue weighted by Crippen LogP contribution is 2.41. The van der Waals surface area contributed by atoms with Crippen LogP contribution in [-0.4, -0.2) is 6.26 Å². The first-order chi connectivity index (χ1) is 3.12. The Kier molecular flexibility index (Phi) is 1.62. The first kappa shape index (κ1) is 6.26. The van der Waals surface area contributed by atoms with E-state index in [4.69, 9.17) is 10.5 Å². The summed E-state index contributed by atoms with van der Waals surface area (Å²) in [5.74, 6) is 0. The summed E-state index contributed by atoms with van der Waals surface area (Å²) in [5.41, 5.74) is 0. The second-order valence-electron chi connectivity index (χ2n) is 1.00. The Labute approximate surface area is 42.8 Å². The Morgan fingerprint density at radius 1 is 1.43 bits per heavy atom. The molecule has 0 saturated heterocycles. The van der Waals surface area contributed by atoms with E-state index in [1.165, 1.54) is 10.8 Å². The lowest BCUT2D eigenvalue weighted by Gasteiger charge is -1.98. The van der Waals surface area contributed by atoms with Gasteiger partial charge in [0.2, 0.25) is 0 Å². The fourth-order valence-corrected chi connectivity index (χ4v) is 0.0612. The highest BCUT2D eigenvalue weighted by molar-refractivity contribution is 8.36. The van der Waals surface area contributed by atoms with Gasteiger partial charge < -0.3 is 0 Å². The van der Waals surface area contributed by atoms with Crippen molar-refractivity contribution in [3.63, 3.8) is 0 Å². The molecule has 0 saturated carbocycles. The average Bonchev–Trinajstić information content (AvgIpc) is 1.68. The summed E-state index contributed by atoms with van der Waals surface area (Å²) in [5, 5.41) is 18.1. The van der Waals surface area contributed by atoms with Crippen molar-refractivity contribution in [3.8, 4) is 10.8 Å². The van der Waals surface area contributed by atoms with Gasteiger partial charge in [0, 0.05) is 6.26 Å². The molecule has 0 rings (SSSR count). The Morgan fingerprint density at radius 2 is 1.71 bits per heavy atom. The normalized spacial score (nSPS) is 11.4. The van der Waals surface area contributed by atoms with Crippen molar-refractivity contribution >= 4 is 10.4 Å². The lowest BCUT2D eigenvalue weighted by Crippen LogP contribution is -1.74. The largest absolute Gasteiger partial charge is 0.183 e. The van der Waals surface area contributed by atoms with E-state index in [2.05, 4.69) is 0 Å². The molecule has 0 aliphatic carbocycles. The minimum atomic E-state index is -3.05. The third-order valence-electron chi connectivity index (χ3n) is 0.343. The molecule has 0 N–H and O–H groups in total. The van der Waals surface area contributed by atoms with E-state index < -0.39 is 10.4 Å². The van der Waals surface area contributed by atoms with Crippen molar-refractivity contribution in [2.75, 3.05) is 6.26 Å². The molecule has 0 fully saturated rings. The summed E-state index contributed by atoms with van der Waals surface area (Å²) in [6.45, 7) is 0. The number of nitriles is 2. The molecular weight excluding hydrogens is 115 g/mol. The van der Waals surface area contributed by atoms with Crippen LogP contribution in [0.3, 0.4) is 0 Å². The third-order valence-corrected chi connectivity index (χ3v) is 1.03. The van der Waals surface area contributed by atoms with Gasteiger partial charge in [-0.3, -0.25) is 0 Å². The van der Waals surface area contributed by atoms with Crippen molar-refractivity contribution < 1.29 is 3.89 Å². The van der Waals surface area contributed by atoms with Gasteiger partial charge in [0.05, 0.1) is 10.4 Å². The molecular formula is C3H3FN2S. The van der Waals surface area contributed by atoms with Gasteiger partial charge >= 0.3 is 0 Å². The van der Waals surface area contributed by atoms with Crippen LogP contribution in [0.15, 0.2) is 0 Å². The van der Waals surface area contributed by atoms with E-state index >= 15 is 0 Å². The lowest BCUT2D eigenvalue weighted by molar-refractivity contribution is 0.921. The van der Waals surface area contributed by atoms with E-state index in [1.54, 1.807) is 0 Å². The number of thiocyanates is 2. The molecule has 0 spiro atoms. The average molecular weight is 118 g/mol. The number of halogens is 1. The van der Waals surface area contributed by atoms with E-state index in [9.17, 15) is 3.89 Å². The van der Waals surface area contributed by atoms with Crippen LogP contribution in [0.5, 0.6) is 0 Å². The molecule has 2 nitrogen and oxygen atoms in total. The van der Waals surface area contributed by atoms with Gasteiger partial charge in [-0.05, 0) is 0 Å². The van der Waals surface area contributed by atoms with Gasteiger partial charge in [-0.15, -0.1) is 0 Å². The van der Waals surface area contributed by atoms with Crippen molar-refractivity contribution in [1.29, 1.82) is 10.5 Å². The van der Waals surface area contributed by atoms with Gasteiger partial charge in [-0.1, -0.05) is 0 Å². The van der Waals surface area contributed by atoms with Crippen molar-refractivity contribution in [3.05, 3.63) is 0 Å². The molecule has 0 bridgehead atoms. The Bertz CT molecular complexity index is 124. The molecule has 0 unspecified atom stereocenters. The smallest absolute Gasteiger partial charge is 0.156 e. The lowest BCUT2D eigenvalue weighted by atomic mass is 11.7. The quantitative estimate of drug-likeness (QED) is 0.449. The zero-order valence-electron chi connectivity index (χ0n) is 3.68. The maximum absolute atomic E-state index is 11.9. The maximum atomic E-state index is 11.9. The predicted molar refractivity (Wildman–Crippen MR) is 25.8 cm³/mol. The van der Waals surface area contributed by atoms with E-state index in [0.717, 1.165) is 6.26 Å². The van der Waals surface area contributed by atoms with Crippen molar-refractivity contribution in [2.45, 2.75) is 0 Å². The fourth-order valence-electron chi connectivity index (χ4n) is 0.0204. The van der Waals surface area contributed by atoms with E-state index in [-0.39, 0.29) is 0 Å². The first-order valence-corrected chi connectivity index (χ1v) is 3.36. The van der Waals surface area contributed by atoms with Gasteiger partial charge in [0.25, 0.3) is 0 Å². The van der Waals surface area contributed by atoms with Crippen LogP contribution in [0.1, 0.15) is 0 Å². The first-order valence-electron chi connectivity index (χ1n) is 1.42. The molecule has 38 valence electrons. The van der Waals surface area contributed by atoms with Crippen LogP contribution in [0.25, 0.3) is 0 Å². The van der Waals surface area contributed by atoms with Crippen LogP contribution in [0.4, 0.5) is 3.89 Å². The van der Waals surface area contributed by atoms with Crippen molar-refractivity contribution in [1.82, 2.24) is 0 Å². The zero-order valence-corrected chi connectivity index (χ0v) is 4.50. The number of rotatable bonds is 0. The fraction of sp³-hybridized carbons (Fsp3) is 0.333. The summed E-state index contributed by atoms with van der Waals surface area (Å²) >= 11 is 0. The van der Waals surface area contributed by atoms with Crippen LogP contribution in [0, 0.1) is 21.3 Å². The molecule has 0 aromatic heterocycles. The Morgan fingerprint density at radius 3 is 1.71 bits per heavy atom. The second-order valence-corrected chi connectivity index (χ2v) is 3.00. The van der Waals surface area contributed by atoms with Crippen LogP contribution in [0.2, 0.25) is 0 Å². The number of nitrogens with zero attached hydrogens (tertiary/aromatic N) is 2. The number of hydrogen-bond acceptors (Lipinski definition) is 2. The molecule has 4 heteroatoms. The molecule has 7 heavy (non-hydrogen) atoms. The van der Waals surface area contributed by atoms with Crippen LogP contribution < -0.4 is 0 Å². The van der Waals surface area contributed by atoms with E-state index in [0.29, 0.717) is 0 Å². The minimum absolute atomic E-state index is 0.993. The molecule has 0 atom stereocenters. The van der Waals surface area contributed by atoms with Crippen LogP contribution >= 0.6 is 10.4 Å². The van der Waals surface area contributed by atoms with Gasteiger partial charge in [-0.25, -0.2) is 0 Å². The molecule has 0 heterocycles. The number of hydrogen-bond donors (Lipinski definition) is 0. The standard InChI is InChI=1S/C3H3FN2S/c1-7(4,2-5)3-6/h1H3. The highest BCUT2D eigenvalue weighted by Gasteiger charge is 2.11. The summed E-state index contributed by atoms with van der Waals surface area (Å²) in [6.07, 6.45) is 0.993. The molecule has 0 aromatic rings. The zero-order chi connectivity index (χ0) is 5.91. The minimum Gasteiger partial charge on any atom is -0.183 e. The van der Waals surface area contributed by atoms with Gasteiger partial charge in [0.15, 0.2) is 10.8 Å². The summed E-state index contributed by atoms with van der Waals surface area (Å²) < 4.78 is 11.9. The molecule has 0 aliphatic heterocycles. The monoisotopic (exact) mass is 118 g/mol. The van der Waals surface area contributed by atoms with Gasteiger partial charge in [0.1, 0.15) is 0 Å². The summed E-state index contributed by atoms with van der Waals surface area (Å²) in [6, 6.07) is 0. The summed E-state index contributed by atoms with van der Waals surface area (Å²) in [7, 11) is -3.05. The Balaban J connectivity index is 4.00. The second kappa shape index (κ2) is 1.81. The van der Waals surface area contributed by atoms with Gasteiger partial charge in [-0.2, -0.15) is 14.4 Å². The highest BCUT2D eigenvalue weighted by atomic mass is 32.3. The maximum Gasteiger partial charge on any atom is 0.156 e. The molecule has 0 amide bonds. The topological polar surface area (TPSA) is 47.6 Å². The Hall–Kier alpha value is -0.740. The molecule has 0 aromatic carbocycles. The molecule has 0 radical (unpaired) electrons. The molecule has 0 aliphatic rings. The predicted octanol–water partition coefficient (Wildman–Crippen LogP) is 1.27.